The van der Waals surface area contributed by atoms with Gasteiger partial charge in [-0.2, -0.15) is 0 Å². The minimum atomic E-state index is -3.90. The zero-order valence-electron chi connectivity index (χ0n) is 14.7. The summed E-state index contributed by atoms with van der Waals surface area (Å²) in [5.74, 6) is -1.74. The summed E-state index contributed by atoms with van der Waals surface area (Å²) in [4.78, 5) is 24.1. The lowest BCUT2D eigenvalue weighted by molar-refractivity contribution is -0.123. The summed E-state index contributed by atoms with van der Waals surface area (Å²) in [6, 6.07) is 12.9. The molecule has 0 radical (unpaired) electrons. The molecule has 1 heterocycles. The highest BCUT2D eigenvalue weighted by atomic mass is 32.2. The zero-order valence-corrected chi connectivity index (χ0v) is 15.5. The fraction of sp³-hybridized carbons (Fsp3) is 0.222. The number of benzene rings is 2. The van der Waals surface area contributed by atoms with Crippen LogP contribution in [0.3, 0.4) is 0 Å². The molecular formula is C18H19FN4O4S. The van der Waals surface area contributed by atoms with Crippen LogP contribution in [0.5, 0.6) is 0 Å². The van der Waals surface area contributed by atoms with Gasteiger partial charge in [0.15, 0.2) is 0 Å². The molecule has 28 heavy (non-hydrogen) atoms. The van der Waals surface area contributed by atoms with Crippen LogP contribution < -0.4 is 20.9 Å². The molecule has 4 N–H and O–H groups in total. The molecule has 8 nitrogen and oxygen atoms in total. The summed E-state index contributed by atoms with van der Waals surface area (Å²) < 4.78 is 40.8. The zero-order chi connectivity index (χ0) is 20.1. The van der Waals surface area contributed by atoms with Crippen molar-refractivity contribution in [1.82, 2.24) is 16.2 Å². The van der Waals surface area contributed by atoms with E-state index in [0.29, 0.717) is 5.56 Å². The van der Waals surface area contributed by atoms with Gasteiger partial charge in [-0.05, 0) is 30.7 Å². The van der Waals surface area contributed by atoms with Crippen molar-refractivity contribution in [2.45, 2.75) is 17.7 Å². The van der Waals surface area contributed by atoms with E-state index in [1.807, 2.05) is 0 Å². The van der Waals surface area contributed by atoms with E-state index in [1.54, 1.807) is 30.3 Å². The summed E-state index contributed by atoms with van der Waals surface area (Å²) in [5, 5.41) is 1.88. The van der Waals surface area contributed by atoms with Gasteiger partial charge in [-0.15, -0.1) is 0 Å². The number of carbonyl (C=O) groups excluding carboxylic acids is 2. The first-order valence-electron chi connectivity index (χ1n) is 8.51. The number of anilines is 1. The number of sulfonamides is 1. The Morgan fingerprint density at radius 3 is 2.39 bits per heavy atom. The molecule has 2 atom stereocenters. The van der Waals surface area contributed by atoms with Crippen LogP contribution in [0.15, 0.2) is 54.6 Å². The molecular weight excluding hydrogens is 387 g/mol. The van der Waals surface area contributed by atoms with Crippen molar-refractivity contribution in [3.63, 3.8) is 0 Å². The van der Waals surface area contributed by atoms with Crippen LogP contribution in [-0.2, 0) is 14.8 Å². The molecule has 3 rings (SSSR count). The molecule has 10 heteroatoms. The molecule has 2 aromatic rings. The van der Waals surface area contributed by atoms with E-state index in [1.165, 1.54) is 18.2 Å². The SMILES string of the molecule is O=C(NNC(=O)C1CC(S(=O)(=O)Nc2ccccc2F)CN1)c1ccccc1. The first-order chi connectivity index (χ1) is 13.4. The molecule has 148 valence electrons. The van der Waals surface area contributed by atoms with Crippen LogP contribution in [-0.4, -0.2) is 38.1 Å². The Kier molecular flexibility index (Phi) is 5.90. The quantitative estimate of drug-likeness (QED) is 0.547. The van der Waals surface area contributed by atoms with Crippen molar-refractivity contribution in [2.75, 3.05) is 11.3 Å². The number of hydrazine groups is 1. The Bertz CT molecular complexity index is 969. The van der Waals surface area contributed by atoms with Crippen molar-refractivity contribution in [2.24, 2.45) is 0 Å². The molecule has 2 aromatic carbocycles. The molecule has 0 spiro atoms. The van der Waals surface area contributed by atoms with Crippen LogP contribution >= 0.6 is 0 Å². The summed E-state index contributed by atoms with van der Waals surface area (Å²) in [6.07, 6.45) is -0.0170. The summed E-state index contributed by atoms with van der Waals surface area (Å²) in [6.45, 7) is 0.0223. The summed E-state index contributed by atoms with van der Waals surface area (Å²) in [5.41, 5.74) is 4.79. The molecule has 0 aliphatic carbocycles. The van der Waals surface area contributed by atoms with Crippen LogP contribution in [0.25, 0.3) is 0 Å². The normalized spacial score (nSPS) is 19.0. The second-order valence-corrected chi connectivity index (χ2v) is 8.22. The Morgan fingerprint density at radius 2 is 1.68 bits per heavy atom. The van der Waals surface area contributed by atoms with Gasteiger partial charge in [0.1, 0.15) is 5.82 Å². The molecule has 0 saturated carbocycles. The second-order valence-electron chi connectivity index (χ2n) is 6.25. The third-order valence-corrected chi connectivity index (χ3v) is 6.05. The predicted octanol–water partition coefficient (Wildman–Crippen LogP) is 0.759. The van der Waals surface area contributed by atoms with E-state index in [9.17, 15) is 22.4 Å². The maximum absolute atomic E-state index is 13.7. The van der Waals surface area contributed by atoms with Gasteiger partial charge in [0, 0.05) is 12.1 Å². The molecule has 1 aliphatic rings. The highest BCUT2D eigenvalue weighted by molar-refractivity contribution is 7.93. The Hall–Kier alpha value is -2.98. The van der Waals surface area contributed by atoms with Crippen molar-refractivity contribution in [1.29, 1.82) is 0 Å². The molecule has 1 aliphatic heterocycles. The van der Waals surface area contributed by atoms with E-state index in [2.05, 4.69) is 20.9 Å². The number of hydrogen-bond acceptors (Lipinski definition) is 5. The third kappa shape index (κ3) is 4.65. The number of halogens is 1. The highest BCUT2D eigenvalue weighted by Crippen LogP contribution is 2.20. The smallest absolute Gasteiger partial charge is 0.269 e. The van der Waals surface area contributed by atoms with Crippen LogP contribution in [0.1, 0.15) is 16.8 Å². The van der Waals surface area contributed by atoms with E-state index in [-0.39, 0.29) is 18.7 Å². The standard InChI is InChI=1S/C18H19FN4O4S/c19-14-8-4-5-9-15(14)23-28(26,27)13-10-16(20-11-13)18(25)22-21-17(24)12-6-2-1-3-7-12/h1-9,13,16,20,23H,10-11H2,(H,21,24)(H,22,25). The number of para-hydroxylation sites is 1. The molecule has 2 unspecified atom stereocenters. The van der Waals surface area contributed by atoms with E-state index in [0.717, 1.165) is 6.07 Å². The number of carbonyl (C=O) groups is 2. The number of rotatable bonds is 5. The Balaban J connectivity index is 1.55. The van der Waals surface area contributed by atoms with E-state index < -0.39 is 38.9 Å². The third-order valence-electron chi connectivity index (χ3n) is 4.31. The maximum atomic E-state index is 13.7. The van der Waals surface area contributed by atoms with Gasteiger partial charge in [0.2, 0.25) is 10.0 Å². The first-order valence-corrected chi connectivity index (χ1v) is 10.1. The number of nitrogens with one attached hydrogen (secondary N) is 4. The number of hydrogen-bond donors (Lipinski definition) is 4. The second kappa shape index (κ2) is 8.36. The summed E-state index contributed by atoms with van der Waals surface area (Å²) >= 11 is 0. The van der Waals surface area contributed by atoms with Crippen LogP contribution in [0, 0.1) is 5.82 Å². The monoisotopic (exact) mass is 406 g/mol. The fourth-order valence-corrected chi connectivity index (χ4v) is 4.19. The van der Waals surface area contributed by atoms with Crippen LogP contribution in [0.2, 0.25) is 0 Å². The van der Waals surface area contributed by atoms with Gasteiger partial charge in [0.05, 0.1) is 17.0 Å². The van der Waals surface area contributed by atoms with E-state index in [4.69, 9.17) is 0 Å². The highest BCUT2D eigenvalue weighted by Gasteiger charge is 2.37. The van der Waals surface area contributed by atoms with Crippen molar-refractivity contribution >= 4 is 27.5 Å². The number of amides is 2. The van der Waals surface area contributed by atoms with E-state index >= 15 is 0 Å². The minimum Gasteiger partial charge on any atom is -0.304 e. The lowest BCUT2D eigenvalue weighted by Crippen LogP contribution is -2.49. The minimum absolute atomic E-state index is 0.0170. The lowest BCUT2D eigenvalue weighted by atomic mass is 10.2. The molecule has 1 fully saturated rings. The molecule has 0 bridgehead atoms. The average molecular weight is 406 g/mol. The van der Waals surface area contributed by atoms with Crippen molar-refractivity contribution < 1.29 is 22.4 Å². The average Bonchev–Trinajstić information content (AvgIpc) is 3.19. The van der Waals surface area contributed by atoms with Gasteiger partial charge in [0.25, 0.3) is 11.8 Å². The molecule has 1 saturated heterocycles. The summed E-state index contributed by atoms with van der Waals surface area (Å²) in [7, 11) is -3.90. The molecule has 0 aromatic heterocycles. The van der Waals surface area contributed by atoms with Gasteiger partial charge in [-0.25, -0.2) is 12.8 Å². The fourth-order valence-electron chi connectivity index (χ4n) is 2.79. The largest absolute Gasteiger partial charge is 0.304 e. The lowest BCUT2D eigenvalue weighted by Gasteiger charge is -2.14. The molecule has 2 amide bonds. The van der Waals surface area contributed by atoms with Crippen molar-refractivity contribution in [3.8, 4) is 0 Å². The predicted molar refractivity (Wildman–Crippen MR) is 101 cm³/mol. The van der Waals surface area contributed by atoms with Gasteiger partial charge >= 0.3 is 0 Å². The van der Waals surface area contributed by atoms with Gasteiger partial charge < -0.3 is 5.32 Å². The van der Waals surface area contributed by atoms with Crippen molar-refractivity contribution in [3.05, 3.63) is 66.0 Å². The topological polar surface area (TPSA) is 116 Å². The Morgan fingerprint density at radius 1 is 1.00 bits per heavy atom. The first kappa shape index (κ1) is 19.8. The maximum Gasteiger partial charge on any atom is 0.269 e. The van der Waals surface area contributed by atoms with Crippen LogP contribution in [0.4, 0.5) is 10.1 Å². The van der Waals surface area contributed by atoms with Gasteiger partial charge in [-0.3, -0.25) is 25.2 Å². The van der Waals surface area contributed by atoms with Gasteiger partial charge in [-0.1, -0.05) is 30.3 Å². The Labute approximate surface area is 161 Å².